The highest BCUT2D eigenvalue weighted by Crippen LogP contribution is 2.27. The van der Waals surface area contributed by atoms with Crippen molar-refractivity contribution in [2.45, 2.75) is 24.7 Å². The number of morpholine rings is 1. The van der Waals surface area contributed by atoms with Crippen molar-refractivity contribution in [2.75, 3.05) is 57.1 Å². The van der Waals surface area contributed by atoms with Gasteiger partial charge >= 0.3 is 0 Å². The summed E-state index contributed by atoms with van der Waals surface area (Å²) < 4.78 is 32.3. The maximum atomic E-state index is 12.8. The van der Waals surface area contributed by atoms with E-state index in [1.165, 1.54) is 10.4 Å². The quantitative estimate of drug-likeness (QED) is 0.523. The number of amides is 1. The van der Waals surface area contributed by atoms with Crippen molar-refractivity contribution in [1.29, 1.82) is 0 Å². The zero-order valence-corrected chi connectivity index (χ0v) is 17.4. The Morgan fingerprint density at radius 3 is 2.56 bits per heavy atom. The van der Waals surface area contributed by atoms with Gasteiger partial charge in [-0.15, -0.1) is 12.4 Å². The smallest absolute Gasteiger partial charge is 0.243 e. The van der Waals surface area contributed by atoms with Crippen molar-refractivity contribution in [1.82, 2.24) is 9.62 Å². The molecule has 0 aliphatic carbocycles. The van der Waals surface area contributed by atoms with Gasteiger partial charge in [0.15, 0.2) is 0 Å². The molecule has 1 aliphatic rings. The molecule has 0 saturated carbocycles. The minimum absolute atomic E-state index is 0. The highest BCUT2D eigenvalue weighted by molar-refractivity contribution is 7.89. The first kappa shape index (κ1) is 23.6. The van der Waals surface area contributed by atoms with Crippen LogP contribution in [0, 0.1) is 0 Å². The Balaban J connectivity index is 0.00000364. The number of ether oxygens (including phenoxy) is 1. The number of hydrogen-bond donors (Lipinski definition) is 3. The molecule has 154 valence electrons. The molecule has 0 bridgehead atoms. The Morgan fingerprint density at radius 2 is 1.93 bits per heavy atom. The lowest BCUT2D eigenvalue weighted by molar-refractivity contribution is -0.115. The van der Waals surface area contributed by atoms with E-state index >= 15 is 0 Å². The molecule has 0 unspecified atom stereocenters. The molecule has 1 heterocycles. The van der Waals surface area contributed by atoms with E-state index in [4.69, 9.17) is 4.74 Å². The van der Waals surface area contributed by atoms with E-state index in [9.17, 15) is 13.2 Å². The summed E-state index contributed by atoms with van der Waals surface area (Å²) in [4.78, 5) is 12.1. The van der Waals surface area contributed by atoms with Gasteiger partial charge in [0.1, 0.15) is 0 Å². The van der Waals surface area contributed by atoms with E-state index in [1.54, 1.807) is 19.2 Å². The summed E-state index contributed by atoms with van der Waals surface area (Å²) in [6.07, 6.45) is 2.02. The molecule has 1 aromatic rings. The average Bonchev–Trinajstić information content (AvgIpc) is 2.64. The Labute approximate surface area is 167 Å². The first-order chi connectivity index (χ1) is 12.5. The second-order valence-electron chi connectivity index (χ2n) is 6.08. The zero-order valence-electron chi connectivity index (χ0n) is 15.8. The van der Waals surface area contributed by atoms with Gasteiger partial charge in [-0.2, -0.15) is 4.31 Å². The van der Waals surface area contributed by atoms with Crippen molar-refractivity contribution < 1.29 is 17.9 Å². The van der Waals surface area contributed by atoms with Crippen LogP contribution in [-0.2, 0) is 19.6 Å². The first-order valence-corrected chi connectivity index (χ1v) is 10.3. The molecule has 0 aromatic heterocycles. The maximum absolute atomic E-state index is 12.8. The molecular weight excluding hydrogens is 392 g/mol. The second kappa shape index (κ2) is 11.5. The Bertz CT molecular complexity index is 709. The molecule has 2 rings (SSSR count). The number of carbonyl (C=O) groups excluding carboxylic acids is 1. The average molecular weight is 421 g/mol. The van der Waals surface area contributed by atoms with Gasteiger partial charge in [0.05, 0.1) is 36.0 Å². The Hall–Kier alpha value is -1.39. The number of carbonyl (C=O) groups is 1. The standard InChI is InChI=1S/C17H28N4O4S.ClH/c1-3-4-7-19-15-6-5-14(12-16(15)20-17(22)13-18-2)26(23,24)21-8-10-25-11-9-21;/h5-6,12,18-19H,3-4,7-11,13H2,1-2H3,(H,20,22);1H. The molecule has 1 aliphatic heterocycles. The summed E-state index contributed by atoms with van der Waals surface area (Å²) in [6.45, 7) is 4.44. The monoisotopic (exact) mass is 420 g/mol. The Morgan fingerprint density at radius 1 is 1.22 bits per heavy atom. The largest absolute Gasteiger partial charge is 0.383 e. The van der Waals surface area contributed by atoms with E-state index in [-0.39, 0.29) is 29.8 Å². The number of nitrogens with one attached hydrogen (secondary N) is 3. The van der Waals surface area contributed by atoms with E-state index < -0.39 is 10.0 Å². The van der Waals surface area contributed by atoms with Crippen LogP contribution in [0.1, 0.15) is 19.8 Å². The summed E-state index contributed by atoms with van der Waals surface area (Å²) >= 11 is 0. The van der Waals surface area contributed by atoms with Gasteiger partial charge in [0, 0.05) is 19.6 Å². The number of sulfonamides is 1. The maximum Gasteiger partial charge on any atom is 0.243 e. The number of halogens is 1. The van der Waals surface area contributed by atoms with Gasteiger partial charge in [-0.1, -0.05) is 13.3 Å². The summed E-state index contributed by atoms with van der Waals surface area (Å²) in [7, 11) is -1.94. The second-order valence-corrected chi connectivity index (χ2v) is 8.02. The highest BCUT2D eigenvalue weighted by Gasteiger charge is 2.27. The number of hydrogen-bond acceptors (Lipinski definition) is 6. The molecule has 1 aromatic carbocycles. The molecule has 27 heavy (non-hydrogen) atoms. The van der Waals surface area contributed by atoms with Crippen LogP contribution in [-0.4, -0.2) is 65.1 Å². The van der Waals surface area contributed by atoms with Crippen molar-refractivity contribution >= 4 is 39.7 Å². The van der Waals surface area contributed by atoms with Crippen LogP contribution in [0.3, 0.4) is 0 Å². The first-order valence-electron chi connectivity index (χ1n) is 8.89. The molecule has 10 heteroatoms. The van der Waals surface area contributed by atoms with E-state index in [0.717, 1.165) is 19.4 Å². The fourth-order valence-electron chi connectivity index (χ4n) is 2.63. The van der Waals surface area contributed by atoms with Gasteiger partial charge in [0.25, 0.3) is 0 Å². The van der Waals surface area contributed by atoms with E-state index in [1.807, 2.05) is 0 Å². The van der Waals surface area contributed by atoms with Gasteiger partial charge < -0.3 is 20.7 Å². The van der Waals surface area contributed by atoms with Crippen molar-refractivity contribution in [2.24, 2.45) is 0 Å². The predicted octanol–water partition coefficient (Wildman–Crippen LogP) is 1.50. The van der Waals surface area contributed by atoms with Gasteiger partial charge in [0.2, 0.25) is 15.9 Å². The van der Waals surface area contributed by atoms with Gasteiger partial charge in [-0.25, -0.2) is 8.42 Å². The van der Waals surface area contributed by atoms with E-state index in [2.05, 4.69) is 22.9 Å². The molecular formula is C17H29ClN4O4S. The SMILES string of the molecule is CCCCNc1ccc(S(=O)(=O)N2CCOCC2)cc1NC(=O)CNC.Cl. The molecule has 1 fully saturated rings. The molecule has 0 spiro atoms. The number of rotatable bonds is 9. The topological polar surface area (TPSA) is 99.8 Å². The minimum Gasteiger partial charge on any atom is -0.383 e. The van der Waals surface area contributed by atoms with Crippen LogP contribution >= 0.6 is 12.4 Å². The fourth-order valence-corrected chi connectivity index (χ4v) is 4.07. The van der Waals surface area contributed by atoms with Crippen LogP contribution in [0.15, 0.2) is 23.1 Å². The number of benzene rings is 1. The highest BCUT2D eigenvalue weighted by atomic mass is 35.5. The van der Waals surface area contributed by atoms with Crippen LogP contribution in [0.25, 0.3) is 0 Å². The van der Waals surface area contributed by atoms with Crippen molar-refractivity contribution in [3.63, 3.8) is 0 Å². The molecule has 0 radical (unpaired) electrons. The third kappa shape index (κ3) is 6.62. The number of likely N-dealkylation sites (N-methyl/N-ethyl adjacent to an activating group) is 1. The van der Waals surface area contributed by atoms with Crippen molar-refractivity contribution in [3.05, 3.63) is 18.2 Å². The van der Waals surface area contributed by atoms with Crippen LogP contribution in [0.4, 0.5) is 11.4 Å². The van der Waals surface area contributed by atoms with Gasteiger partial charge in [-0.05, 0) is 31.7 Å². The molecule has 3 N–H and O–H groups in total. The molecule has 0 atom stereocenters. The lowest BCUT2D eigenvalue weighted by atomic mass is 10.2. The lowest BCUT2D eigenvalue weighted by Crippen LogP contribution is -2.40. The van der Waals surface area contributed by atoms with Crippen LogP contribution < -0.4 is 16.0 Å². The lowest BCUT2D eigenvalue weighted by Gasteiger charge is -2.26. The number of unbranched alkanes of at least 4 members (excludes halogenated alkanes) is 1. The van der Waals surface area contributed by atoms with Crippen LogP contribution in [0.2, 0.25) is 0 Å². The predicted molar refractivity (Wildman–Crippen MR) is 109 cm³/mol. The van der Waals surface area contributed by atoms with E-state index in [0.29, 0.717) is 37.7 Å². The third-order valence-electron chi connectivity index (χ3n) is 4.06. The molecule has 8 nitrogen and oxygen atoms in total. The minimum atomic E-state index is -3.62. The zero-order chi connectivity index (χ0) is 19.0. The molecule has 1 saturated heterocycles. The fraction of sp³-hybridized carbons (Fsp3) is 0.588. The number of anilines is 2. The van der Waals surface area contributed by atoms with Crippen LogP contribution in [0.5, 0.6) is 0 Å². The summed E-state index contributed by atoms with van der Waals surface area (Å²) in [5.74, 6) is -0.230. The normalized spacial score (nSPS) is 15.0. The summed E-state index contributed by atoms with van der Waals surface area (Å²) in [6, 6.07) is 4.80. The summed E-state index contributed by atoms with van der Waals surface area (Å²) in [5.41, 5.74) is 1.18. The number of nitrogens with zero attached hydrogens (tertiary/aromatic N) is 1. The molecule has 1 amide bonds. The van der Waals surface area contributed by atoms with Crippen molar-refractivity contribution in [3.8, 4) is 0 Å². The Kier molecular flexibility index (Phi) is 10.0. The summed E-state index contributed by atoms with van der Waals surface area (Å²) in [5, 5.41) is 8.82. The van der Waals surface area contributed by atoms with Gasteiger partial charge in [-0.3, -0.25) is 4.79 Å². The third-order valence-corrected chi connectivity index (χ3v) is 5.95.